The van der Waals surface area contributed by atoms with Crippen LogP contribution in [0, 0.1) is 5.92 Å². The first-order chi connectivity index (χ1) is 11.2. The third-order valence-electron chi connectivity index (χ3n) is 4.15. The molecule has 0 spiro atoms. The molecule has 1 unspecified atom stereocenters. The molecule has 2 rings (SSSR count). The summed E-state index contributed by atoms with van der Waals surface area (Å²) in [6.07, 6.45) is 3.76. The van der Waals surface area contributed by atoms with Crippen LogP contribution < -0.4 is 8.92 Å². The summed E-state index contributed by atoms with van der Waals surface area (Å²) >= 11 is 0. The summed E-state index contributed by atoms with van der Waals surface area (Å²) in [5, 5.41) is 0. The Morgan fingerprint density at radius 1 is 1.33 bits per heavy atom. The van der Waals surface area contributed by atoms with Gasteiger partial charge in [0, 0.05) is 18.5 Å². The Morgan fingerprint density at radius 3 is 2.50 bits per heavy atom. The zero-order chi connectivity index (χ0) is 17.9. The highest BCUT2D eigenvalue weighted by molar-refractivity contribution is 7.86. The Balaban J connectivity index is 2.26. The second-order valence-corrected chi connectivity index (χ2v) is 7.85. The molecule has 1 fully saturated rings. The molecule has 134 valence electrons. The SMILES string of the molecule is CCC(C)N(Cc1ccc(OC)c(OS(C)(=O)=O)c1)C(=O)C1CC1. The minimum atomic E-state index is -3.66. The molecule has 0 saturated heterocycles. The third kappa shape index (κ3) is 4.87. The van der Waals surface area contributed by atoms with Gasteiger partial charge in [-0.05, 0) is 43.9 Å². The highest BCUT2D eigenvalue weighted by Crippen LogP contribution is 2.34. The van der Waals surface area contributed by atoms with E-state index in [9.17, 15) is 13.2 Å². The molecule has 1 atom stereocenters. The summed E-state index contributed by atoms with van der Waals surface area (Å²) in [5.74, 6) is 0.794. The molecule has 7 heteroatoms. The smallest absolute Gasteiger partial charge is 0.306 e. The summed E-state index contributed by atoms with van der Waals surface area (Å²) < 4.78 is 33.0. The number of hydrogen-bond donors (Lipinski definition) is 0. The molecule has 1 aliphatic rings. The van der Waals surface area contributed by atoms with Crippen molar-refractivity contribution in [3.63, 3.8) is 0 Å². The number of carbonyl (C=O) groups is 1. The van der Waals surface area contributed by atoms with E-state index in [1.807, 2.05) is 24.8 Å². The number of nitrogens with zero attached hydrogens (tertiary/aromatic N) is 1. The molecule has 1 aromatic rings. The summed E-state index contributed by atoms with van der Waals surface area (Å²) in [6, 6.07) is 5.23. The molecule has 1 aliphatic carbocycles. The second-order valence-electron chi connectivity index (χ2n) is 6.27. The van der Waals surface area contributed by atoms with Crippen LogP contribution in [0.15, 0.2) is 18.2 Å². The number of carbonyl (C=O) groups excluding carboxylic acids is 1. The van der Waals surface area contributed by atoms with Crippen molar-refractivity contribution in [1.82, 2.24) is 4.90 Å². The average Bonchev–Trinajstić information content (AvgIpc) is 3.34. The molecule has 0 bridgehead atoms. The van der Waals surface area contributed by atoms with Crippen LogP contribution in [-0.2, 0) is 21.5 Å². The van der Waals surface area contributed by atoms with Gasteiger partial charge in [-0.1, -0.05) is 13.0 Å². The van der Waals surface area contributed by atoms with Crippen LogP contribution in [0.5, 0.6) is 11.5 Å². The van der Waals surface area contributed by atoms with Crippen LogP contribution in [0.1, 0.15) is 38.7 Å². The highest BCUT2D eigenvalue weighted by Gasteiger charge is 2.35. The van der Waals surface area contributed by atoms with Crippen molar-refractivity contribution in [3.8, 4) is 11.5 Å². The minimum absolute atomic E-state index is 0.125. The molecule has 0 N–H and O–H groups in total. The van der Waals surface area contributed by atoms with Crippen LogP contribution in [0.3, 0.4) is 0 Å². The lowest BCUT2D eigenvalue weighted by atomic mass is 10.1. The molecular formula is C17H25NO5S. The van der Waals surface area contributed by atoms with E-state index in [4.69, 9.17) is 8.92 Å². The van der Waals surface area contributed by atoms with Crippen molar-refractivity contribution in [3.05, 3.63) is 23.8 Å². The Hall–Kier alpha value is -1.76. The van der Waals surface area contributed by atoms with Crippen LogP contribution in [-0.4, -0.2) is 38.6 Å². The number of benzene rings is 1. The van der Waals surface area contributed by atoms with Crippen molar-refractivity contribution in [2.45, 2.75) is 45.7 Å². The summed E-state index contributed by atoms with van der Waals surface area (Å²) in [5.41, 5.74) is 0.809. The fourth-order valence-corrected chi connectivity index (χ4v) is 2.94. The van der Waals surface area contributed by atoms with Gasteiger partial charge in [0.1, 0.15) is 0 Å². The lowest BCUT2D eigenvalue weighted by Crippen LogP contribution is -2.38. The van der Waals surface area contributed by atoms with E-state index < -0.39 is 10.1 Å². The third-order valence-corrected chi connectivity index (χ3v) is 4.64. The van der Waals surface area contributed by atoms with Gasteiger partial charge in [0.05, 0.1) is 13.4 Å². The Kier molecular flexibility index (Phi) is 5.74. The van der Waals surface area contributed by atoms with Crippen molar-refractivity contribution in [2.75, 3.05) is 13.4 Å². The van der Waals surface area contributed by atoms with Crippen LogP contribution in [0.25, 0.3) is 0 Å². The zero-order valence-electron chi connectivity index (χ0n) is 14.6. The van der Waals surface area contributed by atoms with Gasteiger partial charge in [-0.25, -0.2) is 0 Å². The topological polar surface area (TPSA) is 72.9 Å². The Bertz CT molecular complexity index is 697. The predicted molar refractivity (Wildman–Crippen MR) is 91.5 cm³/mol. The van der Waals surface area contributed by atoms with Gasteiger partial charge in [-0.2, -0.15) is 8.42 Å². The molecule has 0 aliphatic heterocycles. The number of hydrogen-bond acceptors (Lipinski definition) is 5. The zero-order valence-corrected chi connectivity index (χ0v) is 15.4. The molecule has 0 aromatic heterocycles. The second kappa shape index (κ2) is 7.42. The van der Waals surface area contributed by atoms with Crippen LogP contribution in [0.4, 0.5) is 0 Å². The lowest BCUT2D eigenvalue weighted by molar-refractivity contribution is -0.135. The minimum Gasteiger partial charge on any atom is -0.493 e. The molecule has 0 heterocycles. The van der Waals surface area contributed by atoms with E-state index in [2.05, 4.69) is 0 Å². The van der Waals surface area contributed by atoms with Crippen molar-refractivity contribution in [1.29, 1.82) is 0 Å². The predicted octanol–water partition coefficient (Wildman–Crippen LogP) is 2.57. The summed E-state index contributed by atoms with van der Waals surface area (Å²) in [4.78, 5) is 14.4. The van der Waals surface area contributed by atoms with Gasteiger partial charge < -0.3 is 13.8 Å². The Morgan fingerprint density at radius 2 is 2.00 bits per heavy atom. The average molecular weight is 355 g/mol. The standard InChI is InChI=1S/C17H25NO5S/c1-5-12(2)18(17(19)14-7-8-14)11-13-6-9-15(22-3)16(10-13)23-24(4,20)21/h6,9-10,12,14H,5,7-8,11H2,1-4H3. The van der Waals surface area contributed by atoms with Gasteiger partial charge in [0.25, 0.3) is 0 Å². The number of ether oxygens (including phenoxy) is 1. The van der Waals surface area contributed by atoms with E-state index in [1.54, 1.807) is 12.1 Å². The molecule has 24 heavy (non-hydrogen) atoms. The first kappa shape index (κ1) is 18.6. The molecule has 1 aromatic carbocycles. The maximum Gasteiger partial charge on any atom is 0.306 e. The van der Waals surface area contributed by atoms with Crippen molar-refractivity contribution in [2.24, 2.45) is 5.92 Å². The maximum absolute atomic E-state index is 12.5. The normalized spacial score (nSPS) is 15.7. The molecule has 6 nitrogen and oxygen atoms in total. The largest absolute Gasteiger partial charge is 0.493 e. The molecular weight excluding hydrogens is 330 g/mol. The lowest BCUT2D eigenvalue weighted by Gasteiger charge is -2.29. The number of amides is 1. The van der Waals surface area contributed by atoms with Gasteiger partial charge in [-0.3, -0.25) is 4.79 Å². The van der Waals surface area contributed by atoms with Crippen molar-refractivity contribution < 1.29 is 22.1 Å². The van der Waals surface area contributed by atoms with Gasteiger partial charge in [0.2, 0.25) is 5.91 Å². The Labute approximate surface area is 143 Å². The van der Waals surface area contributed by atoms with E-state index in [1.165, 1.54) is 7.11 Å². The van der Waals surface area contributed by atoms with Gasteiger partial charge in [-0.15, -0.1) is 0 Å². The van der Waals surface area contributed by atoms with Gasteiger partial charge in [0.15, 0.2) is 11.5 Å². The number of methoxy groups -OCH3 is 1. The van der Waals surface area contributed by atoms with E-state index in [0.29, 0.717) is 12.3 Å². The summed E-state index contributed by atoms with van der Waals surface area (Å²) in [7, 11) is -2.21. The van der Waals surface area contributed by atoms with Crippen LogP contribution >= 0.6 is 0 Å². The maximum atomic E-state index is 12.5. The van der Waals surface area contributed by atoms with Crippen molar-refractivity contribution >= 4 is 16.0 Å². The monoisotopic (exact) mass is 355 g/mol. The fraction of sp³-hybridized carbons (Fsp3) is 0.588. The quantitative estimate of drug-likeness (QED) is 0.670. The summed E-state index contributed by atoms with van der Waals surface area (Å²) in [6.45, 7) is 4.50. The van der Waals surface area contributed by atoms with Gasteiger partial charge >= 0.3 is 10.1 Å². The molecule has 1 saturated carbocycles. The molecule has 0 radical (unpaired) electrons. The van der Waals surface area contributed by atoms with E-state index in [-0.39, 0.29) is 23.6 Å². The van der Waals surface area contributed by atoms with E-state index in [0.717, 1.165) is 31.1 Å². The molecule has 1 amide bonds. The van der Waals surface area contributed by atoms with E-state index >= 15 is 0 Å². The first-order valence-corrected chi connectivity index (χ1v) is 9.93. The van der Waals surface area contributed by atoms with Crippen LogP contribution in [0.2, 0.25) is 0 Å². The first-order valence-electron chi connectivity index (χ1n) is 8.12. The number of rotatable bonds is 8. The highest BCUT2D eigenvalue weighted by atomic mass is 32.2. The fourth-order valence-electron chi connectivity index (χ4n) is 2.48.